The van der Waals surface area contributed by atoms with Crippen molar-refractivity contribution in [2.24, 2.45) is 0 Å². The van der Waals surface area contributed by atoms with E-state index in [2.05, 4.69) is 21.7 Å². The van der Waals surface area contributed by atoms with Gasteiger partial charge in [0.05, 0.1) is 17.1 Å². The lowest BCUT2D eigenvalue weighted by Crippen LogP contribution is -2.27. The minimum absolute atomic E-state index is 0.0480. The Labute approximate surface area is 109 Å². The van der Waals surface area contributed by atoms with Crippen molar-refractivity contribution in [1.82, 2.24) is 10.3 Å². The predicted octanol–water partition coefficient (Wildman–Crippen LogP) is 2.41. The summed E-state index contributed by atoms with van der Waals surface area (Å²) in [4.78, 5) is 17.2. The van der Waals surface area contributed by atoms with Crippen molar-refractivity contribution >= 4 is 28.6 Å². The molecule has 0 spiro atoms. The minimum atomic E-state index is 0.0480. The Kier molecular flexibility index (Phi) is 4.28. The van der Waals surface area contributed by atoms with Crippen LogP contribution in [0.2, 0.25) is 0 Å². The summed E-state index contributed by atoms with van der Waals surface area (Å²) in [5, 5.41) is 7.91. The van der Waals surface area contributed by atoms with Crippen LogP contribution >= 0.6 is 22.7 Å². The number of carbonyl (C=O) groups excluding carboxylic acids is 1. The van der Waals surface area contributed by atoms with Gasteiger partial charge in [-0.05, 0) is 24.8 Å². The van der Waals surface area contributed by atoms with Crippen LogP contribution in [0.1, 0.15) is 15.6 Å². The quantitative estimate of drug-likeness (QED) is 0.903. The fourth-order valence-electron chi connectivity index (χ4n) is 1.50. The van der Waals surface area contributed by atoms with Crippen molar-refractivity contribution in [3.63, 3.8) is 0 Å². The van der Waals surface area contributed by atoms with E-state index in [0.29, 0.717) is 13.0 Å². The fourth-order valence-corrected chi connectivity index (χ4v) is 2.82. The molecule has 17 heavy (non-hydrogen) atoms. The summed E-state index contributed by atoms with van der Waals surface area (Å²) >= 11 is 3.30. The van der Waals surface area contributed by atoms with Gasteiger partial charge in [-0.2, -0.15) is 0 Å². The number of nitrogens with one attached hydrogen (secondary N) is 1. The highest BCUT2D eigenvalue weighted by Gasteiger charge is 2.05. The van der Waals surface area contributed by atoms with Gasteiger partial charge in [0.1, 0.15) is 0 Å². The van der Waals surface area contributed by atoms with E-state index in [4.69, 9.17) is 0 Å². The van der Waals surface area contributed by atoms with Crippen molar-refractivity contribution in [3.8, 4) is 0 Å². The Morgan fingerprint density at radius 3 is 3.00 bits per heavy atom. The summed E-state index contributed by atoms with van der Waals surface area (Å²) in [7, 11) is 0. The molecule has 0 radical (unpaired) electrons. The van der Waals surface area contributed by atoms with E-state index in [1.807, 2.05) is 18.4 Å². The Bertz CT molecular complexity index is 476. The van der Waals surface area contributed by atoms with Gasteiger partial charge in [0.2, 0.25) is 5.91 Å². The van der Waals surface area contributed by atoms with Gasteiger partial charge in [0.25, 0.3) is 0 Å². The maximum atomic E-state index is 11.6. The molecule has 3 nitrogen and oxygen atoms in total. The molecular weight excluding hydrogens is 252 g/mol. The van der Waals surface area contributed by atoms with Crippen LogP contribution in [0.4, 0.5) is 0 Å². The van der Waals surface area contributed by atoms with E-state index < -0.39 is 0 Å². The SMILES string of the molecule is Cc1nc(CC(=O)NCCc2cccs2)cs1. The fraction of sp³-hybridized carbons (Fsp3) is 0.333. The topological polar surface area (TPSA) is 42.0 Å². The summed E-state index contributed by atoms with van der Waals surface area (Å²) in [6, 6.07) is 4.11. The third kappa shape index (κ3) is 3.94. The highest BCUT2D eigenvalue weighted by molar-refractivity contribution is 7.10. The molecule has 2 aromatic heterocycles. The van der Waals surface area contributed by atoms with Crippen LogP contribution < -0.4 is 5.32 Å². The molecule has 5 heteroatoms. The number of carbonyl (C=O) groups is 1. The number of thiazole rings is 1. The van der Waals surface area contributed by atoms with Gasteiger partial charge in [-0.25, -0.2) is 4.98 Å². The van der Waals surface area contributed by atoms with Gasteiger partial charge < -0.3 is 5.32 Å². The lowest BCUT2D eigenvalue weighted by molar-refractivity contribution is -0.120. The number of aryl methyl sites for hydroxylation is 1. The maximum Gasteiger partial charge on any atom is 0.226 e. The van der Waals surface area contributed by atoms with E-state index >= 15 is 0 Å². The summed E-state index contributed by atoms with van der Waals surface area (Å²) < 4.78 is 0. The maximum absolute atomic E-state index is 11.6. The number of hydrogen-bond acceptors (Lipinski definition) is 4. The molecule has 0 aliphatic carbocycles. The highest BCUT2D eigenvalue weighted by atomic mass is 32.1. The molecule has 0 aliphatic rings. The number of thiophene rings is 1. The van der Waals surface area contributed by atoms with Crippen LogP contribution in [0.15, 0.2) is 22.9 Å². The van der Waals surface area contributed by atoms with Crippen LogP contribution in [-0.4, -0.2) is 17.4 Å². The van der Waals surface area contributed by atoms with Crippen LogP contribution in [0, 0.1) is 6.92 Å². The monoisotopic (exact) mass is 266 g/mol. The van der Waals surface area contributed by atoms with Gasteiger partial charge in [-0.1, -0.05) is 6.07 Å². The second-order valence-corrected chi connectivity index (χ2v) is 5.81. The summed E-state index contributed by atoms with van der Waals surface area (Å²) in [5.74, 6) is 0.0480. The minimum Gasteiger partial charge on any atom is -0.355 e. The Hall–Kier alpha value is -1.20. The van der Waals surface area contributed by atoms with E-state index in [-0.39, 0.29) is 5.91 Å². The van der Waals surface area contributed by atoms with Gasteiger partial charge in [0, 0.05) is 16.8 Å². The molecule has 2 heterocycles. The molecule has 0 bridgehead atoms. The summed E-state index contributed by atoms with van der Waals surface area (Å²) in [5.41, 5.74) is 0.862. The van der Waals surface area contributed by atoms with Crippen LogP contribution in [0.3, 0.4) is 0 Å². The molecule has 0 saturated heterocycles. The van der Waals surface area contributed by atoms with Gasteiger partial charge in [0.15, 0.2) is 0 Å². The zero-order valence-corrected chi connectivity index (χ0v) is 11.2. The first-order chi connectivity index (χ1) is 8.24. The van der Waals surface area contributed by atoms with Crippen LogP contribution in [0.25, 0.3) is 0 Å². The second kappa shape index (κ2) is 5.93. The van der Waals surface area contributed by atoms with Crippen LogP contribution in [0.5, 0.6) is 0 Å². The van der Waals surface area contributed by atoms with Crippen molar-refractivity contribution in [2.75, 3.05) is 6.54 Å². The van der Waals surface area contributed by atoms with E-state index in [0.717, 1.165) is 17.1 Å². The lowest BCUT2D eigenvalue weighted by Gasteiger charge is -2.02. The molecule has 0 saturated carbocycles. The predicted molar refractivity (Wildman–Crippen MR) is 71.6 cm³/mol. The van der Waals surface area contributed by atoms with E-state index in [1.54, 1.807) is 22.7 Å². The van der Waals surface area contributed by atoms with Crippen molar-refractivity contribution in [2.45, 2.75) is 19.8 Å². The highest BCUT2D eigenvalue weighted by Crippen LogP contribution is 2.09. The third-order valence-electron chi connectivity index (χ3n) is 2.28. The van der Waals surface area contributed by atoms with E-state index in [9.17, 15) is 4.79 Å². The van der Waals surface area contributed by atoms with Gasteiger partial charge in [-0.15, -0.1) is 22.7 Å². The Balaban J connectivity index is 1.71. The number of amides is 1. The molecule has 0 aliphatic heterocycles. The zero-order valence-electron chi connectivity index (χ0n) is 9.60. The molecule has 0 atom stereocenters. The third-order valence-corrected chi connectivity index (χ3v) is 4.04. The number of aromatic nitrogens is 1. The molecule has 0 fully saturated rings. The smallest absolute Gasteiger partial charge is 0.226 e. The van der Waals surface area contributed by atoms with Crippen molar-refractivity contribution in [1.29, 1.82) is 0 Å². The molecule has 0 unspecified atom stereocenters. The standard InChI is InChI=1S/C12H14N2OS2/c1-9-14-10(8-17-9)7-12(15)13-5-4-11-3-2-6-16-11/h2-3,6,8H,4-5,7H2,1H3,(H,13,15). The molecular formula is C12H14N2OS2. The lowest BCUT2D eigenvalue weighted by atomic mass is 10.3. The number of nitrogens with zero attached hydrogens (tertiary/aromatic N) is 1. The van der Waals surface area contributed by atoms with Gasteiger partial charge >= 0.3 is 0 Å². The largest absolute Gasteiger partial charge is 0.355 e. The molecule has 90 valence electrons. The first-order valence-corrected chi connectivity index (χ1v) is 7.20. The normalized spacial score (nSPS) is 10.4. The van der Waals surface area contributed by atoms with Crippen molar-refractivity contribution in [3.05, 3.63) is 38.5 Å². The first-order valence-electron chi connectivity index (χ1n) is 5.44. The Morgan fingerprint density at radius 2 is 2.35 bits per heavy atom. The van der Waals surface area contributed by atoms with Crippen LogP contribution in [-0.2, 0) is 17.6 Å². The van der Waals surface area contributed by atoms with Crippen molar-refractivity contribution < 1.29 is 4.79 Å². The second-order valence-electron chi connectivity index (χ2n) is 3.71. The average Bonchev–Trinajstić information content (AvgIpc) is 2.90. The Morgan fingerprint density at radius 1 is 1.47 bits per heavy atom. The molecule has 2 aromatic rings. The first kappa shape index (κ1) is 12.3. The average molecular weight is 266 g/mol. The zero-order chi connectivity index (χ0) is 12.1. The van der Waals surface area contributed by atoms with Gasteiger partial charge in [-0.3, -0.25) is 4.79 Å². The summed E-state index contributed by atoms with van der Waals surface area (Å²) in [6.07, 6.45) is 1.29. The molecule has 0 aromatic carbocycles. The molecule has 1 N–H and O–H groups in total. The number of rotatable bonds is 5. The number of hydrogen-bond donors (Lipinski definition) is 1. The molecule has 2 rings (SSSR count). The van der Waals surface area contributed by atoms with E-state index in [1.165, 1.54) is 4.88 Å². The molecule has 1 amide bonds. The summed E-state index contributed by atoms with van der Waals surface area (Å²) in [6.45, 7) is 2.64.